The lowest BCUT2D eigenvalue weighted by Crippen LogP contribution is -2.42. The van der Waals surface area contributed by atoms with Crippen LogP contribution in [-0.4, -0.2) is 35.7 Å². The minimum atomic E-state index is -2.96. The summed E-state index contributed by atoms with van der Waals surface area (Å²) in [7, 11) is 0. The first-order valence-electron chi connectivity index (χ1n) is 5.88. The molecular weight excluding hydrogens is 306 g/mol. The topological polar surface area (TPSA) is 36.4 Å². The predicted molar refractivity (Wildman–Crippen MR) is 68.9 cm³/mol. The number of nitrogens with zero attached hydrogens (tertiary/aromatic N) is 2. The van der Waals surface area contributed by atoms with E-state index in [1.54, 1.807) is 6.20 Å². The summed E-state index contributed by atoms with van der Waals surface area (Å²) < 4.78 is 27.6. The SMILES string of the molecule is OCC(F)(F)C1CCN(c2ccc(Br)cn2)CC1. The molecule has 18 heavy (non-hydrogen) atoms. The van der Waals surface area contributed by atoms with Crippen molar-refractivity contribution in [1.82, 2.24) is 4.98 Å². The first-order valence-corrected chi connectivity index (χ1v) is 6.67. The van der Waals surface area contributed by atoms with Gasteiger partial charge in [-0.15, -0.1) is 0 Å². The van der Waals surface area contributed by atoms with Crippen LogP contribution in [0.2, 0.25) is 0 Å². The van der Waals surface area contributed by atoms with E-state index in [4.69, 9.17) is 5.11 Å². The van der Waals surface area contributed by atoms with Crippen LogP contribution in [0.5, 0.6) is 0 Å². The molecule has 0 aromatic carbocycles. The summed E-state index contributed by atoms with van der Waals surface area (Å²) in [4.78, 5) is 6.25. The summed E-state index contributed by atoms with van der Waals surface area (Å²) in [5, 5.41) is 8.68. The van der Waals surface area contributed by atoms with Crippen molar-refractivity contribution in [3.63, 3.8) is 0 Å². The maximum atomic E-state index is 13.3. The average molecular weight is 321 g/mol. The normalized spacial score (nSPS) is 18.1. The minimum Gasteiger partial charge on any atom is -0.390 e. The zero-order valence-corrected chi connectivity index (χ0v) is 11.4. The van der Waals surface area contributed by atoms with Crippen LogP contribution in [0.4, 0.5) is 14.6 Å². The Morgan fingerprint density at radius 3 is 2.56 bits per heavy atom. The zero-order chi connectivity index (χ0) is 13.2. The molecule has 0 aliphatic carbocycles. The Bertz CT molecular complexity index is 392. The molecule has 1 aliphatic rings. The van der Waals surface area contributed by atoms with Crippen molar-refractivity contribution in [3.05, 3.63) is 22.8 Å². The Kier molecular flexibility index (Phi) is 4.17. The molecule has 1 aliphatic heterocycles. The standard InChI is InChI=1S/C12H15BrF2N2O/c13-10-1-2-11(16-7-10)17-5-3-9(4-6-17)12(14,15)8-18/h1-2,7,9,18H,3-6,8H2. The molecule has 0 radical (unpaired) electrons. The molecule has 2 rings (SSSR count). The monoisotopic (exact) mass is 320 g/mol. The quantitative estimate of drug-likeness (QED) is 0.930. The smallest absolute Gasteiger partial charge is 0.273 e. The van der Waals surface area contributed by atoms with Crippen LogP contribution in [-0.2, 0) is 0 Å². The van der Waals surface area contributed by atoms with Gasteiger partial charge in [0.15, 0.2) is 0 Å². The van der Waals surface area contributed by atoms with Crippen LogP contribution in [0.1, 0.15) is 12.8 Å². The van der Waals surface area contributed by atoms with Gasteiger partial charge in [0.2, 0.25) is 0 Å². The molecule has 2 heterocycles. The Morgan fingerprint density at radius 1 is 1.39 bits per heavy atom. The van der Waals surface area contributed by atoms with Gasteiger partial charge in [0.05, 0.1) is 0 Å². The number of halogens is 3. The third-order valence-electron chi connectivity index (χ3n) is 3.34. The number of hydrogen-bond acceptors (Lipinski definition) is 3. The van der Waals surface area contributed by atoms with Crippen LogP contribution >= 0.6 is 15.9 Å². The molecule has 100 valence electrons. The Labute approximate surface area is 113 Å². The Morgan fingerprint density at radius 2 is 2.06 bits per heavy atom. The maximum absolute atomic E-state index is 13.3. The number of piperidine rings is 1. The molecule has 1 aromatic rings. The Hall–Kier alpha value is -0.750. The minimum absolute atomic E-state index is 0.380. The van der Waals surface area contributed by atoms with Gasteiger partial charge in [-0.1, -0.05) is 0 Å². The third kappa shape index (κ3) is 2.98. The molecule has 0 atom stereocenters. The lowest BCUT2D eigenvalue weighted by atomic mass is 9.91. The van der Waals surface area contributed by atoms with Gasteiger partial charge in [-0.25, -0.2) is 13.8 Å². The van der Waals surface area contributed by atoms with Gasteiger partial charge < -0.3 is 10.0 Å². The summed E-state index contributed by atoms with van der Waals surface area (Å²) in [6.45, 7) is 0.0397. The highest BCUT2D eigenvalue weighted by Gasteiger charge is 2.40. The molecule has 0 unspecified atom stereocenters. The van der Waals surface area contributed by atoms with E-state index in [-0.39, 0.29) is 0 Å². The number of aromatic nitrogens is 1. The highest BCUT2D eigenvalue weighted by atomic mass is 79.9. The first kappa shape index (κ1) is 13.7. The highest BCUT2D eigenvalue weighted by molar-refractivity contribution is 9.10. The van der Waals surface area contributed by atoms with Crippen LogP contribution in [0.25, 0.3) is 0 Å². The van der Waals surface area contributed by atoms with Crippen molar-refractivity contribution in [2.45, 2.75) is 18.8 Å². The first-order chi connectivity index (χ1) is 8.53. The highest BCUT2D eigenvalue weighted by Crippen LogP contribution is 2.33. The molecule has 1 aromatic heterocycles. The Balaban J connectivity index is 1.96. The zero-order valence-electron chi connectivity index (χ0n) is 9.82. The second-order valence-electron chi connectivity index (χ2n) is 4.52. The van der Waals surface area contributed by atoms with E-state index in [2.05, 4.69) is 20.9 Å². The van der Waals surface area contributed by atoms with Gasteiger partial charge >= 0.3 is 0 Å². The lowest BCUT2D eigenvalue weighted by Gasteiger charge is -2.35. The fourth-order valence-corrected chi connectivity index (χ4v) is 2.45. The van der Waals surface area contributed by atoms with E-state index in [1.165, 1.54) is 0 Å². The van der Waals surface area contributed by atoms with Crippen molar-refractivity contribution in [2.75, 3.05) is 24.6 Å². The fourth-order valence-electron chi connectivity index (χ4n) is 2.22. The van der Waals surface area contributed by atoms with Gasteiger partial charge in [0.25, 0.3) is 5.92 Å². The van der Waals surface area contributed by atoms with Gasteiger partial charge in [-0.3, -0.25) is 0 Å². The number of anilines is 1. The van der Waals surface area contributed by atoms with Crippen LogP contribution < -0.4 is 4.90 Å². The molecule has 3 nitrogen and oxygen atoms in total. The van der Waals surface area contributed by atoms with Gasteiger partial charge in [-0.2, -0.15) is 0 Å². The molecule has 1 N–H and O–H groups in total. The number of alkyl halides is 2. The van der Waals surface area contributed by atoms with E-state index in [1.807, 2.05) is 17.0 Å². The maximum Gasteiger partial charge on any atom is 0.273 e. The van der Waals surface area contributed by atoms with Crippen molar-refractivity contribution < 1.29 is 13.9 Å². The number of rotatable bonds is 3. The van der Waals surface area contributed by atoms with E-state index < -0.39 is 18.4 Å². The van der Waals surface area contributed by atoms with Gasteiger partial charge in [0.1, 0.15) is 12.4 Å². The van der Waals surface area contributed by atoms with E-state index in [9.17, 15) is 8.78 Å². The van der Waals surface area contributed by atoms with E-state index in [0.29, 0.717) is 25.9 Å². The lowest BCUT2D eigenvalue weighted by molar-refractivity contribution is -0.104. The number of aliphatic hydroxyl groups excluding tert-OH is 1. The fraction of sp³-hybridized carbons (Fsp3) is 0.583. The van der Waals surface area contributed by atoms with Crippen molar-refractivity contribution in [2.24, 2.45) is 5.92 Å². The van der Waals surface area contributed by atoms with Crippen molar-refractivity contribution in [3.8, 4) is 0 Å². The third-order valence-corrected chi connectivity index (χ3v) is 3.81. The summed E-state index contributed by atoms with van der Waals surface area (Å²) >= 11 is 3.31. The second-order valence-corrected chi connectivity index (χ2v) is 5.43. The van der Waals surface area contributed by atoms with Crippen LogP contribution in [0, 0.1) is 5.92 Å². The van der Waals surface area contributed by atoms with Crippen molar-refractivity contribution >= 4 is 21.7 Å². The van der Waals surface area contributed by atoms with Gasteiger partial charge in [0, 0.05) is 29.7 Å². The number of pyridine rings is 1. The molecule has 6 heteroatoms. The summed E-state index contributed by atoms with van der Waals surface area (Å²) in [5.41, 5.74) is 0. The van der Waals surface area contributed by atoms with E-state index in [0.717, 1.165) is 10.3 Å². The molecule has 0 bridgehead atoms. The second kappa shape index (κ2) is 5.48. The summed E-state index contributed by atoms with van der Waals surface area (Å²) in [6, 6.07) is 3.76. The largest absolute Gasteiger partial charge is 0.390 e. The molecule has 1 fully saturated rings. The number of aliphatic hydroxyl groups is 1. The van der Waals surface area contributed by atoms with Gasteiger partial charge in [-0.05, 0) is 40.9 Å². The van der Waals surface area contributed by atoms with Crippen molar-refractivity contribution in [1.29, 1.82) is 0 Å². The average Bonchev–Trinajstić information content (AvgIpc) is 2.40. The molecule has 1 saturated heterocycles. The van der Waals surface area contributed by atoms with Crippen LogP contribution in [0.15, 0.2) is 22.8 Å². The predicted octanol–water partition coefficient (Wildman–Crippen LogP) is 2.69. The van der Waals surface area contributed by atoms with E-state index >= 15 is 0 Å². The van der Waals surface area contributed by atoms with Crippen LogP contribution in [0.3, 0.4) is 0 Å². The number of hydrogen-bond donors (Lipinski definition) is 1. The molecule has 0 saturated carbocycles. The summed E-state index contributed by atoms with van der Waals surface area (Å²) in [5.74, 6) is -2.88. The molecule has 0 spiro atoms. The molecule has 0 amide bonds. The summed E-state index contributed by atoms with van der Waals surface area (Å²) in [6.07, 6.45) is 2.46. The molecular formula is C12H15BrF2N2O.